The van der Waals surface area contributed by atoms with Crippen LogP contribution in [-0.4, -0.2) is 60.2 Å². The zero-order valence-corrected chi connectivity index (χ0v) is 15.8. The van der Waals surface area contributed by atoms with E-state index in [0.717, 1.165) is 11.3 Å². The van der Waals surface area contributed by atoms with Gasteiger partial charge >= 0.3 is 6.03 Å². The van der Waals surface area contributed by atoms with Gasteiger partial charge in [-0.05, 0) is 38.1 Å². The van der Waals surface area contributed by atoms with Crippen molar-refractivity contribution in [3.05, 3.63) is 46.8 Å². The van der Waals surface area contributed by atoms with Gasteiger partial charge in [-0.25, -0.2) is 4.79 Å². The van der Waals surface area contributed by atoms with Gasteiger partial charge in [-0.1, -0.05) is 5.16 Å². The van der Waals surface area contributed by atoms with Crippen LogP contribution in [0.4, 0.5) is 10.5 Å². The van der Waals surface area contributed by atoms with Crippen molar-refractivity contribution in [1.29, 1.82) is 0 Å². The fourth-order valence-corrected chi connectivity index (χ4v) is 2.90. The van der Waals surface area contributed by atoms with E-state index in [1.165, 1.54) is 0 Å². The summed E-state index contributed by atoms with van der Waals surface area (Å²) in [5.74, 6) is 0.685. The summed E-state index contributed by atoms with van der Waals surface area (Å²) in [6, 6.07) is 6.66. The Balaban J connectivity index is 1.58. The van der Waals surface area contributed by atoms with Gasteiger partial charge in [0.1, 0.15) is 5.76 Å². The SMILES string of the molecule is Cc1noc(C)c1CN(C)C(=O)Nc1ccc(C(=O)N2CCOCC2)cc1. The van der Waals surface area contributed by atoms with Crippen molar-refractivity contribution in [2.24, 2.45) is 0 Å². The van der Waals surface area contributed by atoms with Gasteiger partial charge in [-0.3, -0.25) is 4.79 Å². The van der Waals surface area contributed by atoms with E-state index in [4.69, 9.17) is 9.26 Å². The lowest BCUT2D eigenvalue weighted by atomic mass is 10.1. The molecule has 0 atom stereocenters. The highest BCUT2D eigenvalue weighted by atomic mass is 16.5. The van der Waals surface area contributed by atoms with Gasteiger partial charge in [0.25, 0.3) is 5.91 Å². The summed E-state index contributed by atoms with van der Waals surface area (Å²) in [5, 5.41) is 6.73. The van der Waals surface area contributed by atoms with Crippen LogP contribution >= 0.6 is 0 Å². The fraction of sp³-hybridized carbons (Fsp3) is 0.421. The number of hydrogen-bond acceptors (Lipinski definition) is 5. The van der Waals surface area contributed by atoms with Crippen LogP contribution in [0.1, 0.15) is 27.4 Å². The molecule has 1 fully saturated rings. The third-order valence-electron chi connectivity index (χ3n) is 4.60. The first-order chi connectivity index (χ1) is 13.0. The third kappa shape index (κ3) is 4.46. The van der Waals surface area contributed by atoms with Gasteiger partial charge in [0, 0.05) is 37.0 Å². The second kappa shape index (κ2) is 8.22. The Bertz CT molecular complexity index is 790. The number of anilines is 1. The number of aromatic nitrogens is 1. The topological polar surface area (TPSA) is 87.9 Å². The van der Waals surface area contributed by atoms with Crippen molar-refractivity contribution < 1.29 is 18.8 Å². The zero-order valence-electron chi connectivity index (χ0n) is 15.8. The molecule has 27 heavy (non-hydrogen) atoms. The highest BCUT2D eigenvalue weighted by molar-refractivity contribution is 5.95. The lowest BCUT2D eigenvalue weighted by molar-refractivity contribution is 0.0303. The van der Waals surface area contributed by atoms with Crippen LogP contribution in [0.3, 0.4) is 0 Å². The van der Waals surface area contributed by atoms with E-state index >= 15 is 0 Å². The quantitative estimate of drug-likeness (QED) is 0.891. The first kappa shape index (κ1) is 18.9. The van der Waals surface area contributed by atoms with Crippen LogP contribution < -0.4 is 5.32 Å². The molecule has 3 amide bonds. The monoisotopic (exact) mass is 372 g/mol. The van der Waals surface area contributed by atoms with Crippen LogP contribution in [0.5, 0.6) is 0 Å². The number of nitrogens with zero attached hydrogens (tertiary/aromatic N) is 3. The molecule has 1 aliphatic rings. The number of aryl methyl sites for hydroxylation is 2. The molecule has 3 rings (SSSR count). The van der Waals surface area contributed by atoms with E-state index in [1.54, 1.807) is 41.1 Å². The number of carbonyl (C=O) groups excluding carboxylic acids is 2. The number of hydrogen-bond donors (Lipinski definition) is 1. The van der Waals surface area contributed by atoms with E-state index in [9.17, 15) is 9.59 Å². The van der Waals surface area contributed by atoms with Gasteiger partial charge in [0.15, 0.2) is 0 Å². The first-order valence-electron chi connectivity index (χ1n) is 8.86. The molecule has 2 aromatic rings. The fourth-order valence-electron chi connectivity index (χ4n) is 2.90. The average Bonchev–Trinajstić information content (AvgIpc) is 3.00. The molecule has 1 aromatic heterocycles. The summed E-state index contributed by atoms with van der Waals surface area (Å²) in [6.07, 6.45) is 0. The molecule has 0 unspecified atom stereocenters. The van der Waals surface area contributed by atoms with Crippen LogP contribution in [0, 0.1) is 13.8 Å². The normalized spacial score (nSPS) is 14.1. The maximum Gasteiger partial charge on any atom is 0.321 e. The van der Waals surface area contributed by atoms with E-state index < -0.39 is 0 Å². The summed E-state index contributed by atoms with van der Waals surface area (Å²) in [5.41, 5.74) is 2.90. The molecular weight excluding hydrogens is 348 g/mol. The van der Waals surface area contributed by atoms with Crippen molar-refractivity contribution in [2.45, 2.75) is 20.4 Å². The summed E-state index contributed by atoms with van der Waals surface area (Å²) < 4.78 is 10.4. The molecule has 2 heterocycles. The molecule has 1 saturated heterocycles. The molecular formula is C19H24N4O4. The lowest BCUT2D eigenvalue weighted by Crippen LogP contribution is -2.40. The highest BCUT2D eigenvalue weighted by Gasteiger charge is 2.19. The van der Waals surface area contributed by atoms with Crippen molar-refractivity contribution in [3.8, 4) is 0 Å². The summed E-state index contributed by atoms with van der Waals surface area (Å²) in [7, 11) is 1.71. The maximum absolute atomic E-state index is 12.4. The molecule has 0 bridgehead atoms. The highest BCUT2D eigenvalue weighted by Crippen LogP contribution is 2.16. The largest absolute Gasteiger partial charge is 0.378 e. The number of amides is 3. The minimum absolute atomic E-state index is 0.0216. The van der Waals surface area contributed by atoms with Crippen molar-refractivity contribution in [1.82, 2.24) is 15.0 Å². The van der Waals surface area contributed by atoms with Crippen molar-refractivity contribution in [3.63, 3.8) is 0 Å². The summed E-state index contributed by atoms with van der Waals surface area (Å²) >= 11 is 0. The molecule has 8 heteroatoms. The van der Waals surface area contributed by atoms with Crippen molar-refractivity contribution >= 4 is 17.6 Å². The minimum atomic E-state index is -0.248. The number of rotatable bonds is 4. The lowest BCUT2D eigenvalue weighted by Gasteiger charge is -2.26. The van der Waals surface area contributed by atoms with E-state index in [-0.39, 0.29) is 11.9 Å². The van der Waals surface area contributed by atoms with Gasteiger partial charge < -0.3 is 24.4 Å². The molecule has 0 radical (unpaired) electrons. The Morgan fingerprint density at radius 1 is 1.19 bits per heavy atom. The van der Waals surface area contributed by atoms with E-state index in [2.05, 4.69) is 10.5 Å². The molecule has 0 aliphatic carbocycles. The molecule has 144 valence electrons. The Labute approximate surface area is 158 Å². The number of ether oxygens (including phenoxy) is 1. The Kier molecular flexibility index (Phi) is 5.75. The Morgan fingerprint density at radius 3 is 2.44 bits per heavy atom. The zero-order chi connectivity index (χ0) is 19.4. The van der Waals surface area contributed by atoms with Crippen LogP contribution in [0.25, 0.3) is 0 Å². The Morgan fingerprint density at radius 2 is 1.85 bits per heavy atom. The Hall–Kier alpha value is -2.87. The van der Waals surface area contributed by atoms with E-state index in [0.29, 0.717) is 49.9 Å². The average molecular weight is 372 g/mol. The molecule has 0 spiro atoms. The summed E-state index contributed by atoms with van der Waals surface area (Å²) in [6.45, 7) is 6.41. The van der Waals surface area contributed by atoms with Gasteiger partial charge in [-0.15, -0.1) is 0 Å². The van der Waals surface area contributed by atoms with E-state index in [1.807, 2.05) is 13.8 Å². The molecule has 0 saturated carbocycles. The predicted molar refractivity (Wildman–Crippen MR) is 99.6 cm³/mol. The van der Waals surface area contributed by atoms with Gasteiger partial charge in [-0.2, -0.15) is 0 Å². The standard InChI is InChI=1S/C19H24N4O4/c1-13-17(14(2)27-21-13)12-22(3)19(25)20-16-6-4-15(5-7-16)18(24)23-8-10-26-11-9-23/h4-7H,8-12H2,1-3H3,(H,20,25). The molecule has 1 aliphatic heterocycles. The second-order valence-corrected chi connectivity index (χ2v) is 6.57. The van der Waals surface area contributed by atoms with Gasteiger partial charge in [0.2, 0.25) is 0 Å². The van der Waals surface area contributed by atoms with Crippen LogP contribution in [0.2, 0.25) is 0 Å². The van der Waals surface area contributed by atoms with Crippen molar-refractivity contribution in [2.75, 3.05) is 38.7 Å². The number of nitrogens with one attached hydrogen (secondary N) is 1. The summed E-state index contributed by atoms with van der Waals surface area (Å²) in [4.78, 5) is 28.2. The van der Waals surface area contributed by atoms with Crippen LogP contribution in [-0.2, 0) is 11.3 Å². The molecule has 8 nitrogen and oxygen atoms in total. The third-order valence-corrected chi connectivity index (χ3v) is 4.60. The van der Waals surface area contributed by atoms with Gasteiger partial charge in [0.05, 0.1) is 25.5 Å². The molecule has 1 aromatic carbocycles. The maximum atomic E-state index is 12.4. The predicted octanol–water partition coefficient (Wildman–Crippen LogP) is 2.43. The second-order valence-electron chi connectivity index (χ2n) is 6.57. The smallest absolute Gasteiger partial charge is 0.321 e. The first-order valence-corrected chi connectivity index (χ1v) is 8.86. The number of carbonyl (C=O) groups is 2. The van der Waals surface area contributed by atoms with Crippen LogP contribution in [0.15, 0.2) is 28.8 Å². The number of benzene rings is 1. The number of morpholine rings is 1. The minimum Gasteiger partial charge on any atom is -0.378 e. The molecule has 1 N–H and O–H groups in total. The number of urea groups is 1.